The molecular formula is C27H41N7O6. The molecule has 0 aliphatic carbocycles. The van der Waals surface area contributed by atoms with Crippen LogP contribution in [-0.4, -0.2) is 70.4 Å². The maximum absolute atomic E-state index is 13.4. The quantitative estimate of drug-likeness (QED) is 0.119. The summed E-state index contributed by atoms with van der Waals surface area (Å²) in [5.74, 6) is -4.17. The van der Waals surface area contributed by atoms with E-state index in [1.807, 2.05) is 38.1 Å². The lowest BCUT2D eigenvalue weighted by Crippen LogP contribution is -2.58. The summed E-state index contributed by atoms with van der Waals surface area (Å²) in [4.78, 5) is 65.9. The number of hydrogen-bond donors (Lipinski definition) is 8. The van der Waals surface area contributed by atoms with Crippen molar-refractivity contribution in [2.45, 2.75) is 76.5 Å². The highest BCUT2D eigenvalue weighted by Crippen LogP contribution is 2.19. The van der Waals surface area contributed by atoms with Crippen molar-refractivity contribution in [2.75, 3.05) is 6.54 Å². The molecule has 2 rings (SSSR count). The third-order valence-corrected chi connectivity index (χ3v) is 6.39. The van der Waals surface area contributed by atoms with Gasteiger partial charge in [0.05, 0.1) is 12.5 Å². The molecule has 4 atom stereocenters. The predicted molar refractivity (Wildman–Crippen MR) is 150 cm³/mol. The van der Waals surface area contributed by atoms with E-state index in [1.54, 1.807) is 6.20 Å². The molecule has 1 heterocycles. The lowest BCUT2D eigenvalue weighted by molar-refractivity contribution is -0.142. The van der Waals surface area contributed by atoms with Gasteiger partial charge in [0.1, 0.15) is 18.1 Å². The number of amides is 4. The standard InChI is InChI=1S/C27H41N7O6/c1-15(2)11-18(29)24(36)33-22(13-23(30)35)26(38)34-21(12-16-14-31-19-8-4-3-7-17(16)19)25(37)32-20(27(39)40)9-5-6-10-28/h3-4,7-8,14-15,18,20-22,31H,5-6,9-13,28-29H2,1-2H3,(H2,30,35)(H,32,37)(H,33,36)(H,34,38)(H,39,40). The monoisotopic (exact) mass is 559 g/mol. The van der Waals surface area contributed by atoms with Gasteiger partial charge in [-0.3, -0.25) is 19.2 Å². The van der Waals surface area contributed by atoms with Gasteiger partial charge in [0, 0.05) is 23.5 Å². The van der Waals surface area contributed by atoms with Crippen LogP contribution in [0, 0.1) is 5.92 Å². The molecule has 0 aliphatic rings. The third kappa shape index (κ3) is 9.97. The van der Waals surface area contributed by atoms with Crippen LogP contribution in [0.2, 0.25) is 0 Å². The molecule has 40 heavy (non-hydrogen) atoms. The van der Waals surface area contributed by atoms with Gasteiger partial charge in [0.25, 0.3) is 0 Å². The van der Waals surface area contributed by atoms with Crippen molar-refractivity contribution < 1.29 is 29.1 Å². The van der Waals surface area contributed by atoms with Crippen molar-refractivity contribution in [3.05, 3.63) is 36.0 Å². The number of carboxylic acid groups (broad SMARTS) is 1. The van der Waals surface area contributed by atoms with E-state index >= 15 is 0 Å². The van der Waals surface area contributed by atoms with E-state index in [2.05, 4.69) is 20.9 Å². The normalized spacial score (nSPS) is 14.2. The molecule has 0 bridgehead atoms. The number of para-hydroxylation sites is 1. The fourth-order valence-corrected chi connectivity index (χ4v) is 4.33. The van der Waals surface area contributed by atoms with Gasteiger partial charge < -0.3 is 43.2 Å². The number of H-pyrrole nitrogens is 1. The first-order valence-electron chi connectivity index (χ1n) is 13.4. The SMILES string of the molecule is CC(C)CC(N)C(=O)NC(CC(N)=O)C(=O)NC(Cc1c[nH]c2ccccc12)C(=O)NC(CCCCN)C(=O)O. The minimum atomic E-state index is -1.39. The van der Waals surface area contributed by atoms with Crippen LogP contribution in [0.15, 0.2) is 30.5 Å². The van der Waals surface area contributed by atoms with E-state index in [-0.39, 0.29) is 18.8 Å². The van der Waals surface area contributed by atoms with Crippen molar-refractivity contribution in [1.82, 2.24) is 20.9 Å². The zero-order chi connectivity index (χ0) is 29.8. The highest BCUT2D eigenvalue weighted by molar-refractivity contribution is 5.96. The largest absolute Gasteiger partial charge is 0.480 e. The molecule has 11 N–H and O–H groups in total. The lowest BCUT2D eigenvalue weighted by Gasteiger charge is -2.25. The minimum absolute atomic E-state index is 0.000820. The molecule has 0 saturated heterocycles. The van der Waals surface area contributed by atoms with E-state index in [9.17, 15) is 29.1 Å². The topological polar surface area (TPSA) is 236 Å². The Morgan fingerprint density at radius 3 is 2.17 bits per heavy atom. The Bertz CT molecular complexity index is 1180. The fraction of sp³-hybridized carbons (Fsp3) is 0.519. The third-order valence-electron chi connectivity index (χ3n) is 6.39. The van der Waals surface area contributed by atoms with Crippen molar-refractivity contribution in [3.63, 3.8) is 0 Å². The first-order valence-corrected chi connectivity index (χ1v) is 13.4. The predicted octanol–water partition coefficient (Wildman–Crippen LogP) is -0.373. The van der Waals surface area contributed by atoms with Crippen LogP contribution in [0.25, 0.3) is 10.9 Å². The molecular weight excluding hydrogens is 518 g/mol. The van der Waals surface area contributed by atoms with Gasteiger partial charge in [-0.2, -0.15) is 0 Å². The van der Waals surface area contributed by atoms with Crippen LogP contribution in [0.4, 0.5) is 0 Å². The van der Waals surface area contributed by atoms with E-state index < -0.39 is 60.2 Å². The van der Waals surface area contributed by atoms with E-state index in [4.69, 9.17) is 17.2 Å². The molecule has 4 unspecified atom stereocenters. The fourth-order valence-electron chi connectivity index (χ4n) is 4.33. The summed E-state index contributed by atoms with van der Waals surface area (Å²) in [6.07, 6.45) is 2.74. The second-order valence-corrected chi connectivity index (χ2v) is 10.3. The molecule has 1 aromatic carbocycles. The molecule has 2 aromatic rings. The molecule has 0 radical (unpaired) electrons. The number of primary amides is 1. The summed E-state index contributed by atoms with van der Waals surface area (Å²) in [7, 11) is 0. The van der Waals surface area contributed by atoms with Gasteiger partial charge in [-0.05, 0) is 49.8 Å². The molecule has 13 heteroatoms. The Balaban J connectivity index is 2.30. The number of nitrogens with one attached hydrogen (secondary N) is 4. The number of carboxylic acids is 1. The van der Waals surface area contributed by atoms with Crippen LogP contribution in [0.3, 0.4) is 0 Å². The minimum Gasteiger partial charge on any atom is -0.480 e. The molecule has 0 saturated carbocycles. The van der Waals surface area contributed by atoms with Crippen molar-refractivity contribution >= 4 is 40.5 Å². The second-order valence-electron chi connectivity index (χ2n) is 10.3. The van der Waals surface area contributed by atoms with Gasteiger partial charge >= 0.3 is 5.97 Å². The molecule has 0 fully saturated rings. The molecule has 0 spiro atoms. The summed E-state index contributed by atoms with van der Waals surface area (Å²) in [5.41, 5.74) is 18.3. The van der Waals surface area contributed by atoms with Gasteiger partial charge in [-0.15, -0.1) is 0 Å². The van der Waals surface area contributed by atoms with Crippen LogP contribution >= 0.6 is 0 Å². The molecule has 220 valence electrons. The average Bonchev–Trinajstić information content (AvgIpc) is 3.29. The summed E-state index contributed by atoms with van der Waals surface area (Å²) in [6.45, 7) is 4.15. The first-order chi connectivity index (χ1) is 18.9. The number of aromatic nitrogens is 1. The summed E-state index contributed by atoms with van der Waals surface area (Å²) in [6, 6.07) is 2.62. The average molecular weight is 560 g/mol. The Morgan fingerprint density at radius 1 is 0.925 bits per heavy atom. The zero-order valence-electron chi connectivity index (χ0n) is 22.9. The number of carbonyl (C=O) groups is 5. The number of aliphatic carboxylic acids is 1. The van der Waals surface area contributed by atoms with E-state index in [1.165, 1.54) is 0 Å². The number of unbranched alkanes of at least 4 members (excludes halogenated alkanes) is 1. The van der Waals surface area contributed by atoms with Crippen molar-refractivity contribution in [1.29, 1.82) is 0 Å². The smallest absolute Gasteiger partial charge is 0.326 e. The molecule has 4 amide bonds. The second kappa shape index (κ2) is 15.6. The van der Waals surface area contributed by atoms with Crippen LogP contribution in [-0.2, 0) is 30.4 Å². The molecule has 1 aromatic heterocycles. The van der Waals surface area contributed by atoms with Gasteiger partial charge in [-0.1, -0.05) is 32.0 Å². The van der Waals surface area contributed by atoms with Crippen LogP contribution in [0.1, 0.15) is 51.5 Å². The maximum atomic E-state index is 13.4. The van der Waals surface area contributed by atoms with E-state index in [0.29, 0.717) is 31.4 Å². The van der Waals surface area contributed by atoms with Gasteiger partial charge in [-0.25, -0.2) is 4.79 Å². The Labute approximate surface area is 233 Å². The highest BCUT2D eigenvalue weighted by atomic mass is 16.4. The summed E-state index contributed by atoms with van der Waals surface area (Å²) >= 11 is 0. The highest BCUT2D eigenvalue weighted by Gasteiger charge is 2.31. The lowest BCUT2D eigenvalue weighted by atomic mass is 10.0. The number of hydrogen-bond acceptors (Lipinski definition) is 7. The molecule has 0 aliphatic heterocycles. The van der Waals surface area contributed by atoms with E-state index in [0.717, 1.165) is 10.9 Å². The first kappa shape index (κ1) is 32.2. The Kier molecular flexibility index (Phi) is 12.6. The number of rotatable bonds is 17. The number of aromatic amines is 1. The number of nitrogens with two attached hydrogens (primary N) is 3. The zero-order valence-corrected chi connectivity index (χ0v) is 22.9. The van der Waals surface area contributed by atoms with Crippen molar-refractivity contribution in [3.8, 4) is 0 Å². The maximum Gasteiger partial charge on any atom is 0.326 e. The van der Waals surface area contributed by atoms with Gasteiger partial charge in [0.2, 0.25) is 23.6 Å². The summed E-state index contributed by atoms with van der Waals surface area (Å²) in [5, 5.41) is 18.0. The van der Waals surface area contributed by atoms with Crippen molar-refractivity contribution in [2.24, 2.45) is 23.1 Å². The van der Waals surface area contributed by atoms with Crippen LogP contribution < -0.4 is 33.2 Å². The number of benzene rings is 1. The summed E-state index contributed by atoms with van der Waals surface area (Å²) < 4.78 is 0. The molecule has 13 nitrogen and oxygen atoms in total. The van der Waals surface area contributed by atoms with Crippen LogP contribution in [0.5, 0.6) is 0 Å². The Hall–Kier alpha value is -3.97. The number of carbonyl (C=O) groups excluding carboxylic acids is 4. The Morgan fingerprint density at radius 2 is 1.55 bits per heavy atom. The number of fused-ring (bicyclic) bond motifs is 1. The van der Waals surface area contributed by atoms with Gasteiger partial charge in [0.15, 0.2) is 0 Å².